The molecule has 0 rings (SSSR count). The number of hydrogen-bond acceptors (Lipinski definition) is 6. The molecule has 0 aliphatic carbocycles. The fourth-order valence-electron chi connectivity index (χ4n) is 6.53. The third-order valence-electron chi connectivity index (χ3n) is 10.3. The molecular formula is C57H92O6. The van der Waals surface area contributed by atoms with Crippen LogP contribution in [0.15, 0.2) is 109 Å². The lowest BCUT2D eigenvalue weighted by Gasteiger charge is -2.18. The summed E-state index contributed by atoms with van der Waals surface area (Å²) in [6.07, 6.45) is 67.9. The van der Waals surface area contributed by atoms with Gasteiger partial charge in [-0.2, -0.15) is 0 Å². The maximum absolute atomic E-state index is 12.8. The summed E-state index contributed by atoms with van der Waals surface area (Å²) in [7, 11) is 0. The first-order valence-corrected chi connectivity index (χ1v) is 25.4. The van der Waals surface area contributed by atoms with E-state index in [0.717, 1.165) is 116 Å². The van der Waals surface area contributed by atoms with E-state index < -0.39 is 6.10 Å². The van der Waals surface area contributed by atoms with Gasteiger partial charge in [0.25, 0.3) is 0 Å². The molecule has 0 amide bonds. The molecule has 1 unspecified atom stereocenters. The highest BCUT2D eigenvalue weighted by atomic mass is 16.6. The number of allylic oxidation sites excluding steroid dienone is 18. The summed E-state index contributed by atoms with van der Waals surface area (Å²) in [6.45, 7) is 6.32. The third-order valence-corrected chi connectivity index (χ3v) is 10.3. The standard InChI is InChI=1S/C57H92O6/c1-4-7-10-13-16-19-22-24-26-28-30-32-35-38-41-44-47-50-56(59)62-53-54(52-61-55(58)49-46-43-40-37-34-21-18-15-12-9-6-3)63-57(60)51-48-45-42-39-36-33-31-29-27-25-23-20-17-14-11-8-5-2/h7-8,10-11,16-17,19-20,24-27,30-33,38,41,54H,4-6,9,12-15,18,21-23,28-29,34-37,39-40,42-53H2,1-3H3/b10-7-,11-8-,19-16-,20-17-,26-24-,27-25-,32-30-,33-31-,41-38-. The molecule has 6 nitrogen and oxygen atoms in total. The van der Waals surface area contributed by atoms with Gasteiger partial charge in [0.15, 0.2) is 6.10 Å². The molecule has 0 heterocycles. The second-order valence-electron chi connectivity index (χ2n) is 16.3. The summed E-state index contributed by atoms with van der Waals surface area (Å²) in [5.74, 6) is -0.998. The van der Waals surface area contributed by atoms with Crippen molar-refractivity contribution in [1.29, 1.82) is 0 Å². The highest BCUT2D eigenvalue weighted by Crippen LogP contribution is 2.13. The number of hydrogen-bond donors (Lipinski definition) is 0. The number of ether oxygens (including phenoxy) is 3. The summed E-state index contributed by atoms with van der Waals surface area (Å²) in [5, 5.41) is 0. The molecular weight excluding hydrogens is 781 g/mol. The van der Waals surface area contributed by atoms with Gasteiger partial charge in [0.1, 0.15) is 13.2 Å². The fraction of sp³-hybridized carbons (Fsp3) is 0.632. The molecule has 0 radical (unpaired) electrons. The van der Waals surface area contributed by atoms with Crippen molar-refractivity contribution in [3.05, 3.63) is 109 Å². The Kier molecular flexibility index (Phi) is 47.5. The predicted octanol–water partition coefficient (Wildman–Crippen LogP) is 16.8. The van der Waals surface area contributed by atoms with E-state index >= 15 is 0 Å². The second kappa shape index (κ2) is 50.7. The Morgan fingerprint density at radius 2 is 0.635 bits per heavy atom. The highest BCUT2D eigenvalue weighted by molar-refractivity contribution is 5.71. The number of carbonyl (C=O) groups is 3. The van der Waals surface area contributed by atoms with Crippen LogP contribution in [0.2, 0.25) is 0 Å². The lowest BCUT2D eigenvalue weighted by atomic mass is 10.1. The Morgan fingerprint density at radius 3 is 1.03 bits per heavy atom. The molecule has 0 fully saturated rings. The van der Waals surface area contributed by atoms with Crippen LogP contribution < -0.4 is 0 Å². The molecule has 0 N–H and O–H groups in total. The van der Waals surface area contributed by atoms with Crippen molar-refractivity contribution >= 4 is 17.9 Å². The second-order valence-corrected chi connectivity index (χ2v) is 16.3. The van der Waals surface area contributed by atoms with Crippen LogP contribution in [-0.4, -0.2) is 37.2 Å². The largest absolute Gasteiger partial charge is 0.462 e. The molecule has 0 aliphatic rings. The van der Waals surface area contributed by atoms with E-state index in [1.807, 2.05) is 0 Å². The van der Waals surface area contributed by atoms with Crippen molar-refractivity contribution in [1.82, 2.24) is 0 Å². The minimum absolute atomic E-state index is 0.106. The van der Waals surface area contributed by atoms with Gasteiger partial charge >= 0.3 is 17.9 Å². The average molecular weight is 873 g/mol. The van der Waals surface area contributed by atoms with Crippen molar-refractivity contribution in [2.45, 2.75) is 219 Å². The summed E-state index contributed by atoms with van der Waals surface area (Å²) in [4.78, 5) is 37.9. The van der Waals surface area contributed by atoms with Gasteiger partial charge in [-0.05, 0) is 96.3 Å². The van der Waals surface area contributed by atoms with Crippen molar-refractivity contribution < 1.29 is 28.6 Å². The number of unbranched alkanes of at least 4 members (excludes halogenated alkanes) is 15. The molecule has 1 atom stereocenters. The van der Waals surface area contributed by atoms with E-state index in [0.29, 0.717) is 12.8 Å². The van der Waals surface area contributed by atoms with Crippen molar-refractivity contribution in [3.8, 4) is 0 Å². The minimum atomic E-state index is -0.813. The van der Waals surface area contributed by atoms with E-state index in [2.05, 4.69) is 130 Å². The van der Waals surface area contributed by atoms with E-state index in [4.69, 9.17) is 14.2 Å². The Bertz CT molecular complexity index is 1330. The van der Waals surface area contributed by atoms with Gasteiger partial charge in [-0.25, -0.2) is 0 Å². The van der Waals surface area contributed by atoms with Crippen molar-refractivity contribution in [2.75, 3.05) is 13.2 Å². The molecule has 0 saturated carbocycles. The van der Waals surface area contributed by atoms with Gasteiger partial charge in [-0.3, -0.25) is 14.4 Å². The smallest absolute Gasteiger partial charge is 0.306 e. The van der Waals surface area contributed by atoms with E-state index in [9.17, 15) is 14.4 Å². The Labute approximate surface area is 387 Å². The molecule has 0 aromatic heterocycles. The van der Waals surface area contributed by atoms with Gasteiger partial charge < -0.3 is 14.2 Å². The van der Waals surface area contributed by atoms with Gasteiger partial charge in [0, 0.05) is 19.3 Å². The maximum Gasteiger partial charge on any atom is 0.306 e. The Morgan fingerprint density at radius 1 is 0.333 bits per heavy atom. The first kappa shape index (κ1) is 59.1. The molecule has 0 spiro atoms. The monoisotopic (exact) mass is 873 g/mol. The minimum Gasteiger partial charge on any atom is -0.462 e. The van der Waals surface area contributed by atoms with Crippen molar-refractivity contribution in [3.63, 3.8) is 0 Å². The lowest BCUT2D eigenvalue weighted by molar-refractivity contribution is -0.167. The van der Waals surface area contributed by atoms with Crippen LogP contribution in [-0.2, 0) is 28.6 Å². The SMILES string of the molecule is CC/C=C\C/C=C\C/C=C\C/C=C\C/C=C\CCCC(=O)OCC(COC(=O)CCCCCCCCCCCCC)OC(=O)CCCCCC/C=C\C/C=C\C/C=C\C/C=C\CC. The first-order chi connectivity index (χ1) is 31.0. The molecule has 63 heavy (non-hydrogen) atoms. The third kappa shape index (κ3) is 49.0. The first-order valence-electron chi connectivity index (χ1n) is 25.4. The van der Waals surface area contributed by atoms with Gasteiger partial charge in [-0.15, -0.1) is 0 Å². The van der Waals surface area contributed by atoms with E-state index in [1.165, 1.54) is 51.4 Å². The molecule has 0 saturated heterocycles. The molecule has 356 valence electrons. The predicted molar refractivity (Wildman–Crippen MR) is 270 cm³/mol. The van der Waals surface area contributed by atoms with Gasteiger partial charge in [0.2, 0.25) is 0 Å². The van der Waals surface area contributed by atoms with Crippen molar-refractivity contribution in [2.24, 2.45) is 0 Å². The molecule has 0 aliphatic heterocycles. The van der Waals surface area contributed by atoms with Gasteiger partial charge in [0.05, 0.1) is 0 Å². The summed E-state index contributed by atoms with van der Waals surface area (Å²) in [6, 6.07) is 0. The Balaban J connectivity index is 4.53. The van der Waals surface area contributed by atoms with Crippen LogP contribution in [0.4, 0.5) is 0 Å². The average Bonchev–Trinajstić information content (AvgIpc) is 3.28. The lowest BCUT2D eigenvalue weighted by Crippen LogP contribution is -2.30. The number of esters is 3. The molecule has 0 aromatic carbocycles. The van der Waals surface area contributed by atoms with Crippen LogP contribution in [0, 0.1) is 0 Å². The number of carbonyl (C=O) groups excluding carboxylic acids is 3. The van der Waals surface area contributed by atoms with Crippen LogP contribution in [0.25, 0.3) is 0 Å². The quantitative estimate of drug-likeness (QED) is 0.0263. The highest BCUT2D eigenvalue weighted by Gasteiger charge is 2.19. The fourth-order valence-corrected chi connectivity index (χ4v) is 6.53. The van der Waals surface area contributed by atoms with Crippen LogP contribution in [0.5, 0.6) is 0 Å². The van der Waals surface area contributed by atoms with Crippen LogP contribution >= 0.6 is 0 Å². The maximum atomic E-state index is 12.8. The zero-order chi connectivity index (χ0) is 45.8. The molecule has 0 aromatic rings. The summed E-state index contributed by atoms with van der Waals surface area (Å²) >= 11 is 0. The van der Waals surface area contributed by atoms with Gasteiger partial charge in [-0.1, -0.05) is 207 Å². The molecule has 0 bridgehead atoms. The summed E-state index contributed by atoms with van der Waals surface area (Å²) < 4.78 is 16.7. The zero-order valence-corrected chi connectivity index (χ0v) is 40.5. The van der Waals surface area contributed by atoms with Crippen LogP contribution in [0.3, 0.4) is 0 Å². The molecule has 6 heteroatoms. The van der Waals surface area contributed by atoms with E-state index in [-0.39, 0.29) is 44.0 Å². The van der Waals surface area contributed by atoms with E-state index in [1.54, 1.807) is 0 Å². The summed E-state index contributed by atoms with van der Waals surface area (Å²) in [5.41, 5.74) is 0. The van der Waals surface area contributed by atoms with Crippen LogP contribution in [0.1, 0.15) is 213 Å². The number of rotatable bonds is 44. The Hall–Kier alpha value is -3.93. The normalized spacial score (nSPS) is 13.0. The zero-order valence-electron chi connectivity index (χ0n) is 40.5. The topological polar surface area (TPSA) is 78.9 Å².